The summed E-state index contributed by atoms with van der Waals surface area (Å²) in [6, 6.07) is 0. The highest BCUT2D eigenvalue weighted by Gasteiger charge is 2.40. The van der Waals surface area contributed by atoms with Crippen molar-refractivity contribution in [2.45, 2.75) is 51.5 Å². The summed E-state index contributed by atoms with van der Waals surface area (Å²) in [7, 11) is 0. The number of piperidine rings is 1. The molecule has 5 heteroatoms. The molecule has 2 atom stereocenters. The second-order valence-corrected chi connectivity index (χ2v) is 5.50. The van der Waals surface area contributed by atoms with Gasteiger partial charge in [0.15, 0.2) is 0 Å². The zero-order valence-corrected chi connectivity index (χ0v) is 10.3. The Hall–Kier alpha value is -0.840. The number of nitrogens with zero attached hydrogens (tertiary/aromatic N) is 1. The first-order valence-electron chi connectivity index (χ1n) is 5.46. The molecule has 0 aromatic heterocycles. The van der Waals surface area contributed by atoms with E-state index in [1.807, 2.05) is 0 Å². The minimum Gasteiger partial charge on any atom is -0.444 e. The van der Waals surface area contributed by atoms with Gasteiger partial charge in [-0.3, -0.25) is 0 Å². The highest BCUT2D eigenvalue weighted by Crippen LogP contribution is 2.25. The first kappa shape index (κ1) is 13.2. The Morgan fingerprint density at radius 2 is 2.12 bits per heavy atom. The summed E-state index contributed by atoms with van der Waals surface area (Å²) in [4.78, 5) is 12.9. The van der Waals surface area contributed by atoms with E-state index in [1.54, 1.807) is 20.8 Å². The van der Waals surface area contributed by atoms with Crippen LogP contribution in [0, 0.1) is 0 Å². The lowest BCUT2D eigenvalue weighted by molar-refractivity contribution is -0.0734. The molecule has 0 spiro atoms. The van der Waals surface area contributed by atoms with Gasteiger partial charge in [-0.25, -0.2) is 9.18 Å². The number of halogens is 1. The molecule has 0 bridgehead atoms. The second-order valence-electron chi connectivity index (χ2n) is 5.50. The maximum atomic E-state index is 13.5. The summed E-state index contributed by atoms with van der Waals surface area (Å²) in [6.45, 7) is 6.95. The summed E-state index contributed by atoms with van der Waals surface area (Å²) in [5.41, 5.74) is -1.92. The molecule has 0 aromatic carbocycles. The molecular weight excluding hydrogens is 213 g/mol. The number of alkyl halides is 1. The van der Waals surface area contributed by atoms with Crippen molar-refractivity contribution < 1.29 is 19.0 Å². The van der Waals surface area contributed by atoms with E-state index in [2.05, 4.69) is 0 Å². The van der Waals surface area contributed by atoms with Crippen molar-refractivity contribution in [1.29, 1.82) is 0 Å². The number of likely N-dealkylation sites (tertiary alicyclic amines) is 1. The predicted molar refractivity (Wildman–Crippen MR) is 57.9 cm³/mol. The van der Waals surface area contributed by atoms with Crippen LogP contribution in [-0.2, 0) is 4.74 Å². The third-order valence-electron chi connectivity index (χ3n) is 2.60. The number of hydrogen-bond donors (Lipinski definition) is 1. The molecule has 94 valence electrons. The van der Waals surface area contributed by atoms with Crippen LogP contribution in [0.2, 0.25) is 0 Å². The van der Waals surface area contributed by atoms with E-state index in [4.69, 9.17) is 4.74 Å². The molecule has 1 amide bonds. The van der Waals surface area contributed by atoms with Crippen molar-refractivity contribution in [2.75, 3.05) is 13.1 Å². The Balaban J connectivity index is 2.55. The number of ether oxygens (including phenoxy) is 1. The normalized spacial score (nSPS) is 31.4. The predicted octanol–water partition coefficient (Wildman–Crippen LogP) is 1.72. The van der Waals surface area contributed by atoms with Crippen LogP contribution in [0.5, 0.6) is 0 Å². The Bertz CT molecular complexity index is 273. The number of rotatable bonds is 0. The Morgan fingerprint density at radius 3 is 2.56 bits per heavy atom. The highest BCUT2D eigenvalue weighted by atomic mass is 19.1. The van der Waals surface area contributed by atoms with Crippen molar-refractivity contribution in [2.24, 2.45) is 0 Å². The number of carbonyl (C=O) groups is 1. The summed E-state index contributed by atoms with van der Waals surface area (Å²) < 4.78 is 18.6. The van der Waals surface area contributed by atoms with Crippen LogP contribution < -0.4 is 0 Å². The molecule has 0 saturated carbocycles. The molecule has 0 aromatic rings. The number of carbonyl (C=O) groups excluding carboxylic acids is 1. The molecule has 4 nitrogen and oxygen atoms in total. The lowest BCUT2D eigenvalue weighted by Gasteiger charge is -2.38. The number of hydrogen-bond acceptors (Lipinski definition) is 3. The quantitative estimate of drug-likeness (QED) is 0.693. The molecule has 0 aliphatic carbocycles. The summed E-state index contributed by atoms with van der Waals surface area (Å²) in [5, 5.41) is 9.62. The van der Waals surface area contributed by atoms with Crippen molar-refractivity contribution in [3.05, 3.63) is 0 Å². The number of amides is 1. The zero-order valence-electron chi connectivity index (χ0n) is 10.3. The van der Waals surface area contributed by atoms with Crippen molar-refractivity contribution >= 4 is 6.09 Å². The van der Waals surface area contributed by atoms with Gasteiger partial charge in [-0.1, -0.05) is 0 Å². The van der Waals surface area contributed by atoms with E-state index in [-0.39, 0.29) is 13.0 Å². The van der Waals surface area contributed by atoms with Gasteiger partial charge in [0.2, 0.25) is 0 Å². The standard InChI is InChI=1S/C11H20FNO3/c1-10(2,3)16-9(14)13-6-5-11(4,15)8(12)7-13/h8,15H,5-7H2,1-4H3/t8-,11-/m1/s1. The van der Waals surface area contributed by atoms with Gasteiger partial charge < -0.3 is 14.7 Å². The summed E-state index contributed by atoms with van der Waals surface area (Å²) in [6.07, 6.45) is -1.72. The average Bonchev–Trinajstić information content (AvgIpc) is 2.06. The Labute approximate surface area is 95.4 Å². The van der Waals surface area contributed by atoms with Gasteiger partial charge >= 0.3 is 6.09 Å². The molecule has 16 heavy (non-hydrogen) atoms. The summed E-state index contributed by atoms with van der Waals surface area (Å²) in [5.74, 6) is 0. The van der Waals surface area contributed by atoms with Crippen LogP contribution in [0.25, 0.3) is 0 Å². The fourth-order valence-electron chi connectivity index (χ4n) is 1.49. The molecule has 1 aliphatic heterocycles. The van der Waals surface area contributed by atoms with Crippen molar-refractivity contribution in [3.63, 3.8) is 0 Å². The molecule has 1 saturated heterocycles. The molecule has 1 rings (SSSR count). The van der Waals surface area contributed by atoms with E-state index in [0.717, 1.165) is 0 Å². The van der Waals surface area contributed by atoms with E-state index < -0.39 is 23.5 Å². The van der Waals surface area contributed by atoms with Crippen LogP contribution in [0.1, 0.15) is 34.1 Å². The van der Waals surface area contributed by atoms with Crippen LogP contribution >= 0.6 is 0 Å². The van der Waals surface area contributed by atoms with Crippen LogP contribution in [0.4, 0.5) is 9.18 Å². The first-order valence-corrected chi connectivity index (χ1v) is 5.46. The van der Waals surface area contributed by atoms with Gasteiger partial charge in [-0.05, 0) is 34.1 Å². The van der Waals surface area contributed by atoms with Crippen LogP contribution in [-0.4, -0.2) is 46.6 Å². The van der Waals surface area contributed by atoms with E-state index in [9.17, 15) is 14.3 Å². The third-order valence-corrected chi connectivity index (χ3v) is 2.60. The maximum absolute atomic E-state index is 13.5. The fourth-order valence-corrected chi connectivity index (χ4v) is 1.49. The average molecular weight is 233 g/mol. The molecule has 1 heterocycles. The lowest BCUT2D eigenvalue weighted by Crippen LogP contribution is -2.54. The molecule has 0 unspecified atom stereocenters. The smallest absolute Gasteiger partial charge is 0.410 e. The van der Waals surface area contributed by atoms with Crippen molar-refractivity contribution in [1.82, 2.24) is 4.90 Å². The topological polar surface area (TPSA) is 49.8 Å². The third kappa shape index (κ3) is 3.33. The van der Waals surface area contributed by atoms with E-state index in [0.29, 0.717) is 6.54 Å². The van der Waals surface area contributed by atoms with Gasteiger partial charge in [-0.2, -0.15) is 0 Å². The number of aliphatic hydroxyl groups is 1. The van der Waals surface area contributed by atoms with Gasteiger partial charge in [0, 0.05) is 6.54 Å². The Kier molecular flexibility index (Phi) is 3.47. The molecular formula is C11H20FNO3. The van der Waals surface area contributed by atoms with Gasteiger partial charge in [-0.15, -0.1) is 0 Å². The lowest BCUT2D eigenvalue weighted by atomic mass is 9.92. The van der Waals surface area contributed by atoms with Crippen LogP contribution in [0.15, 0.2) is 0 Å². The van der Waals surface area contributed by atoms with Gasteiger partial charge in [0.25, 0.3) is 0 Å². The van der Waals surface area contributed by atoms with E-state index in [1.165, 1.54) is 11.8 Å². The minimum atomic E-state index is -1.42. The maximum Gasteiger partial charge on any atom is 0.410 e. The van der Waals surface area contributed by atoms with Gasteiger partial charge in [0.05, 0.1) is 12.1 Å². The fraction of sp³-hybridized carbons (Fsp3) is 0.909. The van der Waals surface area contributed by atoms with Crippen molar-refractivity contribution in [3.8, 4) is 0 Å². The minimum absolute atomic E-state index is 0.109. The summed E-state index contributed by atoms with van der Waals surface area (Å²) >= 11 is 0. The monoisotopic (exact) mass is 233 g/mol. The highest BCUT2D eigenvalue weighted by molar-refractivity contribution is 5.68. The Morgan fingerprint density at radius 1 is 1.56 bits per heavy atom. The second kappa shape index (κ2) is 4.20. The molecule has 0 radical (unpaired) electrons. The molecule has 1 aliphatic rings. The van der Waals surface area contributed by atoms with E-state index >= 15 is 0 Å². The molecule has 1 N–H and O–H groups in total. The molecule has 1 fully saturated rings. The first-order chi connectivity index (χ1) is 7.12. The zero-order chi connectivity index (χ0) is 12.6. The largest absolute Gasteiger partial charge is 0.444 e. The van der Waals surface area contributed by atoms with Crippen LogP contribution in [0.3, 0.4) is 0 Å². The van der Waals surface area contributed by atoms with Gasteiger partial charge in [0.1, 0.15) is 11.8 Å². The SMILES string of the molecule is CC(C)(C)OC(=O)N1CC[C@@](C)(O)[C@H](F)C1.